The van der Waals surface area contributed by atoms with Crippen LogP contribution < -0.4 is 10.6 Å². The zero-order valence-corrected chi connectivity index (χ0v) is 17.8. The number of carbonyl (C=O) groups is 3. The predicted octanol–water partition coefficient (Wildman–Crippen LogP) is 3.01. The predicted molar refractivity (Wildman–Crippen MR) is 119 cm³/mol. The Hall–Kier alpha value is -3.92. The fraction of sp³-hybridized carbons (Fsp3) is 0.136. The van der Waals surface area contributed by atoms with Crippen molar-refractivity contribution >= 4 is 57.3 Å². The maximum absolute atomic E-state index is 12.1. The number of furan rings is 1. The van der Waals surface area contributed by atoms with Gasteiger partial charge in [-0.1, -0.05) is 23.9 Å². The van der Waals surface area contributed by atoms with E-state index in [-0.39, 0.29) is 11.7 Å². The second-order valence-electron chi connectivity index (χ2n) is 6.61. The van der Waals surface area contributed by atoms with E-state index < -0.39 is 18.5 Å². The molecule has 0 spiro atoms. The van der Waals surface area contributed by atoms with E-state index in [0.29, 0.717) is 33.0 Å². The largest absolute Gasteiger partial charge is 0.455 e. The Morgan fingerprint density at radius 3 is 2.62 bits per heavy atom. The van der Waals surface area contributed by atoms with Crippen molar-refractivity contribution < 1.29 is 23.5 Å². The Kier molecular flexibility index (Phi) is 6.31. The molecule has 4 rings (SSSR count). The Morgan fingerprint density at radius 1 is 1.06 bits per heavy atom. The summed E-state index contributed by atoms with van der Waals surface area (Å²) in [6.07, 6.45) is 1.42. The second kappa shape index (κ2) is 9.48. The van der Waals surface area contributed by atoms with E-state index in [9.17, 15) is 14.4 Å². The summed E-state index contributed by atoms with van der Waals surface area (Å²) in [6, 6.07) is 13.8. The molecule has 0 aliphatic heterocycles. The monoisotopic (exact) mass is 450 g/mol. The van der Waals surface area contributed by atoms with Crippen molar-refractivity contribution in [1.82, 2.24) is 15.3 Å². The molecule has 32 heavy (non-hydrogen) atoms. The average Bonchev–Trinajstić information content (AvgIpc) is 3.21. The van der Waals surface area contributed by atoms with Gasteiger partial charge in [-0.15, -0.1) is 0 Å². The summed E-state index contributed by atoms with van der Waals surface area (Å²) < 4.78 is 10.9. The lowest BCUT2D eigenvalue weighted by atomic mass is 10.2. The van der Waals surface area contributed by atoms with Gasteiger partial charge in [0.2, 0.25) is 0 Å². The van der Waals surface area contributed by atoms with Crippen LogP contribution in [-0.2, 0) is 14.3 Å². The summed E-state index contributed by atoms with van der Waals surface area (Å²) in [4.78, 5) is 44.1. The zero-order chi connectivity index (χ0) is 22.5. The molecule has 0 unspecified atom stereocenters. The zero-order valence-electron chi connectivity index (χ0n) is 17.0. The SMILES string of the molecule is CNC(=O)c1ccc(NC(=O)COC(=O)CSc2ncnc3c2oc2ccccc23)cc1. The van der Waals surface area contributed by atoms with Crippen LogP contribution in [0.25, 0.3) is 22.1 Å². The molecule has 0 fully saturated rings. The number of carbonyl (C=O) groups excluding carboxylic acids is 3. The van der Waals surface area contributed by atoms with Crippen LogP contribution in [0.15, 0.2) is 64.3 Å². The molecular formula is C22H18N4O5S. The van der Waals surface area contributed by atoms with Crippen LogP contribution in [0.4, 0.5) is 5.69 Å². The van der Waals surface area contributed by atoms with Crippen molar-refractivity contribution in [2.45, 2.75) is 5.03 Å². The van der Waals surface area contributed by atoms with E-state index in [0.717, 1.165) is 17.1 Å². The number of amides is 2. The fourth-order valence-corrected chi connectivity index (χ4v) is 3.70. The van der Waals surface area contributed by atoms with Gasteiger partial charge in [0.25, 0.3) is 11.8 Å². The first kappa shape index (κ1) is 21.3. The minimum atomic E-state index is -0.567. The molecule has 0 radical (unpaired) electrons. The van der Waals surface area contributed by atoms with Crippen LogP contribution in [0, 0.1) is 0 Å². The van der Waals surface area contributed by atoms with Crippen LogP contribution in [0.2, 0.25) is 0 Å². The first-order chi connectivity index (χ1) is 15.5. The smallest absolute Gasteiger partial charge is 0.316 e. The number of benzene rings is 2. The molecule has 0 aliphatic rings. The molecule has 2 aromatic heterocycles. The second-order valence-corrected chi connectivity index (χ2v) is 7.57. The fourth-order valence-electron chi connectivity index (χ4n) is 2.97. The summed E-state index contributed by atoms with van der Waals surface area (Å²) in [5, 5.41) is 6.51. The first-order valence-electron chi connectivity index (χ1n) is 9.58. The van der Waals surface area contributed by atoms with Gasteiger partial charge in [-0.25, -0.2) is 9.97 Å². The van der Waals surface area contributed by atoms with Gasteiger partial charge >= 0.3 is 5.97 Å². The molecule has 0 saturated carbocycles. The standard InChI is InChI=1S/C22H18N4O5S/c1-23-21(29)13-6-8-14(9-7-13)26-17(27)10-30-18(28)11-32-22-20-19(24-12-25-22)15-4-2-3-5-16(15)31-20/h2-9,12H,10-11H2,1H3,(H,23,29)(H,26,27). The average molecular weight is 450 g/mol. The van der Waals surface area contributed by atoms with Gasteiger partial charge in [-0.2, -0.15) is 0 Å². The van der Waals surface area contributed by atoms with Gasteiger partial charge < -0.3 is 19.8 Å². The van der Waals surface area contributed by atoms with E-state index in [2.05, 4.69) is 20.6 Å². The highest BCUT2D eigenvalue weighted by atomic mass is 32.2. The maximum Gasteiger partial charge on any atom is 0.316 e. The Balaban J connectivity index is 1.30. The van der Waals surface area contributed by atoms with Gasteiger partial charge in [0.1, 0.15) is 22.5 Å². The number of rotatable bonds is 7. The number of hydrogen-bond acceptors (Lipinski definition) is 8. The minimum absolute atomic E-state index is 0.0444. The number of thioether (sulfide) groups is 1. The van der Waals surface area contributed by atoms with Gasteiger partial charge in [0.15, 0.2) is 12.2 Å². The molecule has 162 valence electrons. The number of anilines is 1. The van der Waals surface area contributed by atoms with Gasteiger partial charge in [-0.3, -0.25) is 14.4 Å². The molecule has 2 heterocycles. The number of hydrogen-bond donors (Lipinski definition) is 2. The molecule has 0 saturated heterocycles. The summed E-state index contributed by atoms with van der Waals surface area (Å²) in [6.45, 7) is -0.430. The first-order valence-corrected chi connectivity index (χ1v) is 10.6. The molecule has 0 atom stereocenters. The van der Waals surface area contributed by atoms with Crippen molar-refractivity contribution in [3.05, 3.63) is 60.4 Å². The van der Waals surface area contributed by atoms with E-state index in [4.69, 9.17) is 9.15 Å². The van der Waals surface area contributed by atoms with Gasteiger partial charge in [-0.05, 0) is 36.4 Å². The van der Waals surface area contributed by atoms with E-state index in [1.807, 2.05) is 24.3 Å². The third kappa shape index (κ3) is 4.70. The van der Waals surface area contributed by atoms with Crippen molar-refractivity contribution in [3.8, 4) is 0 Å². The van der Waals surface area contributed by atoms with Crippen molar-refractivity contribution in [3.63, 3.8) is 0 Å². The third-order valence-corrected chi connectivity index (χ3v) is 5.42. The Labute approximate surface area is 186 Å². The molecule has 9 nitrogen and oxygen atoms in total. The molecule has 2 N–H and O–H groups in total. The number of para-hydroxylation sites is 1. The number of fused-ring (bicyclic) bond motifs is 3. The number of nitrogens with one attached hydrogen (secondary N) is 2. The quantitative estimate of drug-likeness (QED) is 0.250. The number of ether oxygens (including phenoxy) is 1. The molecular weight excluding hydrogens is 432 g/mol. The maximum atomic E-state index is 12.1. The highest BCUT2D eigenvalue weighted by molar-refractivity contribution is 8.00. The lowest BCUT2D eigenvalue weighted by molar-refractivity contribution is -0.144. The lowest BCUT2D eigenvalue weighted by Crippen LogP contribution is -2.22. The third-order valence-electron chi connectivity index (χ3n) is 4.47. The van der Waals surface area contributed by atoms with E-state index >= 15 is 0 Å². The van der Waals surface area contributed by atoms with E-state index in [1.54, 1.807) is 24.3 Å². The number of esters is 1. The molecule has 2 aromatic carbocycles. The normalized spacial score (nSPS) is 10.8. The summed E-state index contributed by atoms with van der Waals surface area (Å²) in [5.74, 6) is -1.32. The highest BCUT2D eigenvalue weighted by Gasteiger charge is 2.15. The summed E-state index contributed by atoms with van der Waals surface area (Å²) in [7, 11) is 1.54. The number of aromatic nitrogens is 2. The van der Waals surface area contributed by atoms with Crippen molar-refractivity contribution in [2.24, 2.45) is 0 Å². The van der Waals surface area contributed by atoms with Crippen LogP contribution >= 0.6 is 11.8 Å². The molecule has 0 bridgehead atoms. The highest BCUT2D eigenvalue weighted by Crippen LogP contribution is 2.32. The van der Waals surface area contributed by atoms with Crippen LogP contribution in [0.3, 0.4) is 0 Å². The Bertz CT molecular complexity index is 1300. The summed E-state index contributed by atoms with van der Waals surface area (Å²) in [5.41, 5.74) is 2.82. The molecule has 4 aromatic rings. The summed E-state index contributed by atoms with van der Waals surface area (Å²) >= 11 is 1.15. The Morgan fingerprint density at radius 2 is 1.84 bits per heavy atom. The van der Waals surface area contributed by atoms with E-state index in [1.165, 1.54) is 13.4 Å². The van der Waals surface area contributed by atoms with Crippen molar-refractivity contribution in [1.29, 1.82) is 0 Å². The molecule has 0 aliphatic carbocycles. The van der Waals surface area contributed by atoms with Gasteiger partial charge in [0, 0.05) is 23.7 Å². The van der Waals surface area contributed by atoms with Gasteiger partial charge in [0.05, 0.1) is 5.75 Å². The minimum Gasteiger partial charge on any atom is -0.455 e. The van der Waals surface area contributed by atoms with Crippen LogP contribution in [0.1, 0.15) is 10.4 Å². The topological polar surface area (TPSA) is 123 Å². The van der Waals surface area contributed by atoms with Crippen molar-refractivity contribution in [2.75, 3.05) is 24.7 Å². The van der Waals surface area contributed by atoms with Crippen LogP contribution in [0.5, 0.6) is 0 Å². The lowest BCUT2D eigenvalue weighted by Gasteiger charge is -2.07. The molecule has 2 amide bonds. The number of nitrogens with zero attached hydrogens (tertiary/aromatic N) is 2. The van der Waals surface area contributed by atoms with Crippen LogP contribution in [-0.4, -0.2) is 47.2 Å². The molecule has 10 heteroatoms.